The maximum atomic E-state index is 8.26. The van der Waals surface area contributed by atoms with Crippen molar-refractivity contribution in [1.29, 1.82) is 0 Å². The standard InChI is InChI=1S/C8H11BrN2O/c9-7-5-10-11(6-7)8-1-3-12-4-2-8/h5-6,8H,1-4H2/i1D2,2D2,5D,6D,8D. The summed E-state index contributed by atoms with van der Waals surface area (Å²) in [5, 5.41) is 3.62. The van der Waals surface area contributed by atoms with Gasteiger partial charge in [-0.1, -0.05) is 0 Å². The molecule has 1 saturated heterocycles. The monoisotopic (exact) mass is 237 g/mol. The Hall–Kier alpha value is -0.350. The van der Waals surface area contributed by atoms with Gasteiger partial charge in [0.1, 0.15) is 0 Å². The van der Waals surface area contributed by atoms with E-state index in [1.54, 1.807) is 0 Å². The van der Waals surface area contributed by atoms with E-state index in [-0.39, 0.29) is 10.6 Å². The van der Waals surface area contributed by atoms with Gasteiger partial charge < -0.3 is 4.74 Å². The molecule has 1 aromatic rings. The second-order valence-electron chi connectivity index (χ2n) is 2.14. The summed E-state index contributed by atoms with van der Waals surface area (Å²) in [6, 6.07) is -2.48. The maximum Gasteiger partial charge on any atom is 0.0872 e. The molecule has 12 heavy (non-hydrogen) atoms. The zero-order valence-corrected chi connectivity index (χ0v) is 7.68. The zero-order chi connectivity index (χ0) is 14.6. The Bertz CT molecular complexity index is 501. The van der Waals surface area contributed by atoms with E-state index in [9.17, 15) is 0 Å². The lowest BCUT2D eigenvalue weighted by Gasteiger charge is -2.22. The van der Waals surface area contributed by atoms with Gasteiger partial charge in [-0.3, -0.25) is 4.68 Å². The molecule has 66 valence electrons. The van der Waals surface area contributed by atoms with Crippen LogP contribution in [0.4, 0.5) is 0 Å². The van der Waals surface area contributed by atoms with Crippen molar-refractivity contribution in [3.8, 4) is 0 Å². The van der Waals surface area contributed by atoms with Crippen molar-refractivity contribution in [3.63, 3.8) is 0 Å². The fraction of sp³-hybridized carbons (Fsp3) is 0.625. The second-order valence-corrected chi connectivity index (χ2v) is 2.94. The highest BCUT2D eigenvalue weighted by atomic mass is 79.9. The average Bonchev–Trinajstić information content (AvgIpc) is 2.53. The smallest absolute Gasteiger partial charge is 0.0872 e. The molecule has 0 atom stereocenters. The van der Waals surface area contributed by atoms with E-state index >= 15 is 0 Å². The van der Waals surface area contributed by atoms with Crippen LogP contribution >= 0.6 is 15.9 Å². The lowest BCUT2D eigenvalue weighted by molar-refractivity contribution is 0.0662. The lowest BCUT2D eigenvalue weighted by atomic mass is 10.1. The van der Waals surface area contributed by atoms with Gasteiger partial charge in [0.15, 0.2) is 0 Å². The van der Waals surface area contributed by atoms with Crippen LogP contribution in [-0.4, -0.2) is 23.0 Å². The van der Waals surface area contributed by atoms with E-state index in [2.05, 4.69) is 21.0 Å². The topological polar surface area (TPSA) is 27.1 Å². The fourth-order valence-corrected chi connectivity index (χ4v) is 1.09. The van der Waals surface area contributed by atoms with Crippen molar-refractivity contribution < 1.29 is 14.3 Å². The molecule has 0 bridgehead atoms. The molecule has 3 nitrogen and oxygen atoms in total. The highest BCUT2D eigenvalue weighted by molar-refractivity contribution is 9.10. The van der Waals surface area contributed by atoms with Crippen LogP contribution in [0.5, 0.6) is 0 Å². The van der Waals surface area contributed by atoms with Gasteiger partial charge in [-0.15, -0.1) is 0 Å². The van der Waals surface area contributed by atoms with Crippen LogP contribution in [0, 0.1) is 0 Å². The Morgan fingerprint density at radius 3 is 3.17 bits per heavy atom. The van der Waals surface area contributed by atoms with E-state index in [1.807, 2.05) is 0 Å². The molecule has 0 aliphatic carbocycles. The Labute approximate surface area is 89.7 Å². The highest BCUT2D eigenvalue weighted by Crippen LogP contribution is 2.21. The van der Waals surface area contributed by atoms with Crippen LogP contribution in [0.2, 0.25) is 0 Å². The lowest BCUT2D eigenvalue weighted by Crippen LogP contribution is -2.19. The Kier molecular flexibility index (Phi) is 1.02. The minimum absolute atomic E-state index is 0.00258. The normalized spacial score (nSPS) is 39.2. The van der Waals surface area contributed by atoms with Crippen LogP contribution in [0.3, 0.4) is 0 Å². The SMILES string of the molecule is [2H]c1nn(C2([2H])C([2H])([2H])COCC2([2H])[2H])c([2H])c1Br. The first-order valence-corrected chi connectivity index (χ1v) is 4.14. The summed E-state index contributed by atoms with van der Waals surface area (Å²) in [7, 11) is 0. The number of halogens is 1. The van der Waals surface area contributed by atoms with Gasteiger partial charge in [0.25, 0.3) is 0 Å². The van der Waals surface area contributed by atoms with Crippen LogP contribution in [0.1, 0.15) is 28.4 Å². The number of hydrogen-bond donors (Lipinski definition) is 0. The average molecular weight is 238 g/mol. The minimum Gasteiger partial charge on any atom is -0.381 e. The molecular formula is C8H11BrN2O. The van der Waals surface area contributed by atoms with E-state index in [4.69, 9.17) is 14.3 Å². The largest absolute Gasteiger partial charge is 0.381 e. The summed E-state index contributed by atoms with van der Waals surface area (Å²) in [6.45, 7) is -0.944. The molecule has 0 spiro atoms. The van der Waals surface area contributed by atoms with Crippen LogP contribution in [0.15, 0.2) is 16.8 Å². The predicted octanol–water partition coefficient (Wildman–Crippen LogP) is 2.00. The molecule has 0 aromatic carbocycles. The number of aromatic nitrogens is 2. The Morgan fingerprint density at radius 1 is 1.83 bits per heavy atom. The van der Waals surface area contributed by atoms with Gasteiger partial charge >= 0.3 is 0 Å². The maximum absolute atomic E-state index is 8.26. The van der Waals surface area contributed by atoms with Crippen molar-refractivity contribution >= 4 is 15.9 Å². The van der Waals surface area contributed by atoms with Gasteiger partial charge in [-0.2, -0.15) is 5.10 Å². The first-order valence-electron chi connectivity index (χ1n) is 6.84. The molecular weight excluding hydrogens is 220 g/mol. The molecule has 2 rings (SSSR count). The molecule has 2 heterocycles. The molecule has 0 unspecified atom stereocenters. The summed E-state index contributed by atoms with van der Waals surface area (Å²) in [4.78, 5) is 0. The Balaban J connectivity index is 2.69. The van der Waals surface area contributed by atoms with E-state index in [1.165, 1.54) is 0 Å². The number of rotatable bonds is 1. The summed E-state index contributed by atoms with van der Waals surface area (Å²) in [6.07, 6.45) is -5.52. The molecule has 1 aromatic heterocycles. The third kappa shape index (κ3) is 1.69. The fourth-order valence-electron chi connectivity index (χ4n) is 0.845. The quantitative estimate of drug-likeness (QED) is 0.748. The number of nitrogens with zero attached hydrogens (tertiary/aromatic N) is 2. The number of ether oxygens (including phenoxy) is 1. The minimum atomic E-state index is -2.48. The summed E-state index contributed by atoms with van der Waals surface area (Å²) in [5.74, 6) is 0. The molecule has 0 amide bonds. The van der Waals surface area contributed by atoms with Gasteiger partial charge in [0.05, 0.1) is 20.8 Å². The van der Waals surface area contributed by atoms with Gasteiger partial charge in [0, 0.05) is 24.9 Å². The third-order valence-corrected chi connectivity index (χ3v) is 1.70. The van der Waals surface area contributed by atoms with Crippen LogP contribution in [-0.2, 0) is 4.74 Å². The molecule has 4 heteroatoms. The van der Waals surface area contributed by atoms with Crippen molar-refractivity contribution in [3.05, 3.63) is 16.8 Å². The zero-order valence-electron chi connectivity index (χ0n) is 13.1. The number of hydrogen-bond acceptors (Lipinski definition) is 2. The molecule has 0 N–H and O–H groups in total. The van der Waals surface area contributed by atoms with Crippen LogP contribution in [0.25, 0.3) is 0 Å². The van der Waals surface area contributed by atoms with Crippen molar-refractivity contribution in [1.82, 2.24) is 9.78 Å². The van der Waals surface area contributed by atoms with Crippen LogP contribution < -0.4 is 0 Å². The first-order chi connectivity index (χ1) is 8.54. The summed E-state index contributed by atoms with van der Waals surface area (Å²) < 4.78 is 60.4. The molecule has 1 fully saturated rings. The van der Waals surface area contributed by atoms with E-state index in [0.29, 0.717) is 4.68 Å². The van der Waals surface area contributed by atoms with Gasteiger partial charge in [-0.25, -0.2) is 0 Å². The first kappa shape index (κ1) is 3.42. The molecule has 1 aliphatic heterocycles. The molecule has 0 saturated carbocycles. The third-order valence-electron chi connectivity index (χ3n) is 1.35. The second kappa shape index (κ2) is 3.58. The van der Waals surface area contributed by atoms with Crippen molar-refractivity contribution in [2.45, 2.75) is 18.8 Å². The van der Waals surface area contributed by atoms with Crippen molar-refractivity contribution in [2.75, 3.05) is 13.2 Å². The van der Waals surface area contributed by atoms with Gasteiger partial charge in [0.2, 0.25) is 0 Å². The van der Waals surface area contributed by atoms with E-state index < -0.39 is 38.2 Å². The molecule has 0 radical (unpaired) electrons. The molecule has 1 aliphatic rings. The van der Waals surface area contributed by atoms with Gasteiger partial charge in [-0.05, 0) is 28.7 Å². The van der Waals surface area contributed by atoms with Crippen molar-refractivity contribution in [2.24, 2.45) is 0 Å². The summed E-state index contributed by atoms with van der Waals surface area (Å²) in [5.41, 5.74) is 0. The highest BCUT2D eigenvalue weighted by Gasteiger charge is 2.15. The summed E-state index contributed by atoms with van der Waals surface area (Å²) >= 11 is 2.95. The Morgan fingerprint density at radius 2 is 2.58 bits per heavy atom. The van der Waals surface area contributed by atoms with E-state index in [0.717, 1.165) is 0 Å². The predicted molar refractivity (Wildman–Crippen MR) is 49.0 cm³/mol.